The Morgan fingerprint density at radius 2 is 1.72 bits per heavy atom. The SMILES string of the molecule is CN(C)C(=O)C[NH+]1CCN(C(=O)COC(=O)c2cc3ccccc3cc2O)CC1. The van der Waals surface area contributed by atoms with Gasteiger partial charge in [0.1, 0.15) is 11.3 Å². The van der Waals surface area contributed by atoms with Gasteiger partial charge in [-0.25, -0.2) is 4.79 Å². The molecule has 0 atom stereocenters. The van der Waals surface area contributed by atoms with E-state index in [-0.39, 0.29) is 29.7 Å². The zero-order valence-electron chi connectivity index (χ0n) is 16.7. The smallest absolute Gasteiger partial charge is 0.342 e. The summed E-state index contributed by atoms with van der Waals surface area (Å²) in [5.41, 5.74) is 0.0351. The first-order valence-corrected chi connectivity index (χ1v) is 9.55. The summed E-state index contributed by atoms with van der Waals surface area (Å²) in [5, 5.41) is 11.7. The topological polar surface area (TPSA) is 91.6 Å². The second-order valence-corrected chi connectivity index (χ2v) is 7.39. The summed E-state index contributed by atoms with van der Waals surface area (Å²) >= 11 is 0. The number of carbonyl (C=O) groups excluding carboxylic acids is 3. The molecular weight excluding hydrogens is 374 g/mol. The number of rotatable bonds is 5. The third kappa shape index (κ3) is 5.03. The van der Waals surface area contributed by atoms with Crippen LogP contribution < -0.4 is 4.90 Å². The number of nitrogens with zero attached hydrogens (tertiary/aromatic N) is 2. The van der Waals surface area contributed by atoms with Crippen molar-refractivity contribution in [1.82, 2.24) is 9.80 Å². The third-order valence-electron chi connectivity index (χ3n) is 5.13. The molecule has 0 spiro atoms. The molecule has 8 heteroatoms. The summed E-state index contributed by atoms with van der Waals surface area (Å²) in [6.45, 7) is 2.39. The molecule has 0 radical (unpaired) electrons. The van der Waals surface area contributed by atoms with Crippen LogP contribution in [0.3, 0.4) is 0 Å². The van der Waals surface area contributed by atoms with Crippen molar-refractivity contribution in [2.24, 2.45) is 0 Å². The number of nitrogens with one attached hydrogen (secondary N) is 1. The van der Waals surface area contributed by atoms with Gasteiger partial charge in [0.2, 0.25) is 0 Å². The number of likely N-dealkylation sites (N-methyl/N-ethyl adjacent to an activating group) is 1. The number of fused-ring (bicyclic) bond motifs is 1. The van der Waals surface area contributed by atoms with Gasteiger partial charge in [0.15, 0.2) is 13.2 Å². The average Bonchev–Trinajstić information content (AvgIpc) is 2.71. The number of benzene rings is 2. The molecule has 154 valence electrons. The highest BCUT2D eigenvalue weighted by Gasteiger charge is 2.26. The largest absolute Gasteiger partial charge is 0.507 e. The van der Waals surface area contributed by atoms with E-state index in [4.69, 9.17) is 4.74 Å². The molecule has 0 saturated carbocycles. The number of carbonyl (C=O) groups is 3. The van der Waals surface area contributed by atoms with Crippen molar-refractivity contribution in [3.05, 3.63) is 42.0 Å². The highest BCUT2D eigenvalue weighted by molar-refractivity contribution is 5.99. The lowest BCUT2D eigenvalue weighted by atomic mass is 10.1. The summed E-state index contributed by atoms with van der Waals surface area (Å²) in [7, 11) is 3.45. The van der Waals surface area contributed by atoms with Crippen LogP contribution in [0.4, 0.5) is 0 Å². The molecule has 8 nitrogen and oxygen atoms in total. The molecule has 2 N–H and O–H groups in total. The first kappa shape index (κ1) is 20.6. The summed E-state index contributed by atoms with van der Waals surface area (Å²) in [4.78, 5) is 40.8. The number of phenolic OH excluding ortho intramolecular Hbond substituents is 1. The number of hydrogen-bond donors (Lipinski definition) is 2. The van der Waals surface area contributed by atoms with E-state index in [0.29, 0.717) is 32.7 Å². The van der Waals surface area contributed by atoms with E-state index < -0.39 is 5.97 Å². The van der Waals surface area contributed by atoms with Crippen molar-refractivity contribution in [3.8, 4) is 5.75 Å². The van der Waals surface area contributed by atoms with Crippen LogP contribution in [-0.4, -0.2) is 86.1 Å². The van der Waals surface area contributed by atoms with Crippen molar-refractivity contribution in [2.45, 2.75) is 0 Å². The van der Waals surface area contributed by atoms with Gasteiger partial charge in [-0.3, -0.25) is 9.59 Å². The second-order valence-electron chi connectivity index (χ2n) is 7.39. The molecule has 0 aromatic heterocycles. The zero-order valence-corrected chi connectivity index (χ0v) is 16.7. The Kier molecular flexibility index (Phi) is 6.33. The molecule has 2 aromatic rings. The minimum Gasteiger partial charge on any atom is -0.507 e. The molecule has 1 heterocycles. The molecule has 1 saturated heterocycles. The van der Waals surface area contributed by atoms with Crippen LogP contribution in [0.25, 0.3) is 10.8 Å². The number of quaternary nitrogens is 1. The van der Waals surface area contributed by atoms with Crippen LogP contribution in [0, 0.1) is 0 Å². The Hall–Kier alpha value is -3.13. The predicted octanol–water partition coefficient (Wildman–Crippen LogP) is -0.482. The fraction of sp³-hybridized carbons (Fsp3) is 0.381. The van der Waals surface area contributed by atoms with Crippen molar-refractivity contribution in [3.63, 3.8) is 0 Å². The molecule has 2 amide bonds. The Bertz CT molecular complexity index is 920. The highest BCUT2D eigenvalue weighted by atomic mass is 16.5. The van der Waals surface area contributed by atoms with E-state index in [1.54, 1.807) is 30.0 Å². The molecular formula is C21H26N3O5+. The van der Waals surface area contributed by atoms with Crippen LogP contribution in [0.5, 0.6) is 5.75 Å². The Balaban J connectivity index is 1.51. The molecule has 3 rings (SSSR count). The van der Waals surface area contributed by atoms with Crippen molar-refractivity contribution >= 4 is 28.6 Å². The molecule has 29 heavy (non-hydrogen) atoms. The maximum atomic E-state index is 12.4. The molecule has 1 fully saturated rings. The second kappa shape index (κ2) is 8.91. The minimum absolute atomic E-state index is 0.0351. The number of piperazine rings is 1. The molecule has 1 aliphatic rings. The van der Waals surface area contributed by atoms with Gasteiger partial charge in [-0.05, 0) is 22.9 Å². The monoisotopic (exact) mass is 400 g/mol. The number of ether oxygens (including phenoxy) is 1. The normalized spacial score (nSPS) is 14.6. The quantitative estimate of drug-likeness (QED) is 0.662. The van der Waals surface area contributed by atoms with Gasteiger partial charge in [0.25, 0.3) is 11.8 Å². The molecule has 0 bridgehead atoms. The lowest BCUT2D eigenvalue weighted by Crippen LogP contribution is -3.15. The van der Waals surface area contributed by atoms with E-state index in [0.717, 1.165) is 15.7 Å². The fourth-order valence-corrected chi connectivity index (χ4v) is 3.31. The molecule has 0 aliphatic carbocycles. The standard InChI is InChI=1S/C21H25N3O5/c1-22(2)19(26)13-23-7-9-24(10-8-23)20(27)14-29-21(28)17-11-15-5-3-4-6-16(15)12-18(17)25/h3-6,11-12,25H,7-10,13-14H2,1-2H3/p+1. The lowest BCUT2D eigenvalue weighted by molar-refractivity contribution is -0.896. The Morgan fingerprint density at radius 3 is 2.34 bits per heavy atom. The average molecular weight is 400 g/mol. The van der Waals surface area contributed by atoms with Crippen LogP contribution in [-0.2, 0) is 14.3 Å². The van der Waals surface area contributed by atoms with Crippen molar-refractivity contribution in [1.29, 1.82) is 0 Å². The summed E-state index contributed by atoms with van der Waals surface area (Å²) in [6, 6.07) is 10.4. The van der Waals surface area contributed by atoms with E-state index in [1.807, 2.05) is 24.3 Å². The van der Waals surface area contributed by atoms with Crippen molar-refractivity contribution < 1.29 is 29.1 Å². The van der Waals surface area contributed by atoms with Gasteiger partial charge in [-0.1, -0.05) is 24.3 Å². The number of phenols is 1. The maximum absolute atomic E-state index is 12.4. The van der Waals surface area contributed by atoms with Crippen LogP contribution in [0.15, 0.2) is 36.4 Å². The summed E-state index contributed by atoms with van der Waals surface area (Å²) in [6.07, 6.45) is 0. The fourth-order valence-electron chi connectivity index (χ4n) is 3.31. The zero-order chi connectivity index (χ0) is 21.0. The van der Waals surface area contributed by atoms with Crippen LogP contribution >= 0.6 is 0 Å². The number of amides is 2. The van der Waals surface area contributed by atoms with Gasteiger partial charge in [0, 0.05) is 14.1 Å². The van der Waals surface area contributed by atoms with E-state index >= 15 is 0 Å². The van der Waals surface area contributed by atoms with Gasteiger partial charge in [0.05, 0.1) is 26.2 Å². The minimum atomic E-state index is -0.734. The predicted molar refractivity (Wildman–Crippen MR) is 107 cm³/mol. The number of esters is 1. The van der Waals surface area contributed by atoms with E-state index in [9.17, 15) is 19.5 Å². The molecule has 2 aromatic carbocycles. The highest BCUT2D eigenvalue weighted by Crippen LogP contribution is 2.25. The lowest BCUT2D eigenvalue weighted by Gasteiger charge is -2.32. The van der Waals surface area contributed by atoms with Gasteiger partial charge in [-0.15, -0.1) is 0 Å². The van der Waals surface area contributed by atoms with Crippen LogP contribution in [0.1, 0.15) is 10.4 Å². The van der Waals surface area contributed by atoms with Gasteiger partial charge < -0.3 is 24.5 Å². The van der Waals surface area contributed by atoms with Gasteiger partial charge in [-0.2, -0.15) is 0 Å². The number of aromatic hydroxyl groups is 1. The first-order chi connectivity index (χ1) is 13.8. The van der Waals surface area contributed by atoms with Crippen molar-refractivity contribution in [2.75, 3.05) is 53.4 Å². The molecule has 1 aliphatic heterocycles. The number of hydrogen-bond acceptors (Lipinski definition) is 5. The summed E-state index contributed by atoms with van der Waals surface area (Å²) < 4.78 is 5.14. The van der Waals surface area contributed by atoms with E-state index in [2.05, 4.69) is 0 Å². The molecule has 0 unspecified atom stereocenters. The summed E-state index contributed by atoms with van der Waals surface area (Å²) in [5.74, 6) is -1.13. The van der Waals surface area contributed by atoms with Crippen LogP contribution in [0.2, 0.25) is 0 Å². The maximum Gasteiger partial charge on any atom is 0.342 e. The first-order valence-electron chi connectivity index (χ1n) is 9.55. The van der Waals surface area contributed by atoms with Gasteiger partial charge >= 0.3 is 5.97 Å². The third-order valence-corrected chi connectivity index (χ3v) is 5.13. The Morgan fingerprint density at radius 1 is 1.10 bits per heavy atom. The Labute approximate surface area is 169 Å². The van der Waals surface area contributed by atoms with E-state index in [1.165, 1.54) is 6.07 Å².